The Kier molecular flexibility index (Phi) is 32.0. The van der Waals surface area contributed by atoms with E-state index in [9.17, 15) is 33.9 Å². The Morgan fingerprint density at radius 1 is 0.728 bits per heavy atom. The molecular formula is C61H67Br2N13O12S4. The number of aliphatic carboxylic acids is 1. The van der Waals surface area contributed by atoms with Gasteiger partial charge in [0.05, 0.1) is 120 Å². The zero-order chi connectivity index (χ0) is 65.0. The van der Waals surface area contributed by atoms with Crippen LogP contribution in [0.3, 0.4) is 0 Å². The molecule has 0 aliphatic carbocycles. The van der Waals surface area contributed by atoms with Crippen molar-refractivity contribution < 1.29 is 53.2 Å². The van der Waals surface area contributed by atoms with Gasteiger partial charge in [-0.05, 0) is 68.8 Å². The fourth-order valence-electron chi connectivity index (χ4n) is 8.47. The number of nitrogens with two attached hydrogens (primary N) is 2. The lowest BCUT2D eigenvalue weighted by atomic mass is 10.0. The van der Waals surface area contributed by atoms with Gasteiger partial charge in [-0.3, -0.25) is 53.3 Å². The molecule has 3 aliphatic rings. The number of halogens is 2. The number of fused-ring (bicyclic) bond motifs is 2. The number of Topliss-reactive ketones (excluding diaryl/α,β-unsaturated/α-hetero) is 1. The molecule has 0 fully saturated rings. The van der Waals surface area contributed by atoms with E-state index in [0.717, 1.165) is 39.9 Å². The van der Waals surface area contributed by atoms with Crippen molar-refractivity contribution in [3.63, 3.8) is 0 Å². The van der Waals surface area contributed by atoms with Crippen molar-refractivity contribution >= 4 is 170 Å². The summed E-state index contributed by atoms with van der Waals surface area (Å²) in [5.41, 5.74) is 24.6. The first-order valence-electron chi connectivity index (χ1n) is 27.3. The van der Waals surface area contributed by atoms with Crippen molar-refractivity contribution in [1.82, 2.24) is 29.8 Å². The minimum atomic E-state index is -1.25. The number of nitrogen functional groups attached to an aromatic ring is 2. The van der Waals surface area contributed by atoms with Gasteiger partial charge in [0.25, 0.3) is 11.5 Å². The van der Waals surface area contributed by atoms with Gasteiger partial charge in [-0.15, -0.1) is 62.3 Å². The second-order valence-electron chi connectivity index (χ2n) is 18.4. The van der Waals surface area contributed by atoms with Crippen LogP contribution in [0.15, 0.2) is 148 Å². The van der Waals surface area contributed by atoms with E-state index >= 15 is 0 Å². The lowest BCUT2D eigenvalue weighted by molar-refractivity contribution is -0.192. The number of carboxylic acids is 1. The first-order valence-corrected chi connectivity index (χ1v) is 31.9. The largest absolute Gasteiger partial charge is 0.506 e. The summed E-state index contributed by atoms with van der Waals surface area (Å²) in [6, 6.07) is 28.6. The average molecular weight is 1460 g/mol. The number of rotatable bonds is 13. The zero-order valence-electron chi connectivity index (χ0n) is 48.9. The molecule has 12 rings (SSSR count). The van der Waals surface area contributed by atoms with Crippen molar-refractivity contribution in [2.24, 2.45) is 10.9 Å². The van der Waals surface area contributed by atoms with E-state index in [4.69, 9.17) is 35.6 Å². The Morgan fingerprint density at radius 2 is 1.28 bits per heavy atom. The van der Waals surface area contributed by atoms with Crippen LogP contribution in [0.4, 0.5) is 39.8 Å². The second-order valence-corrected chi connectivity index (χ2v) is 22.6. The summed E-state index contributed by atoms with van der Waals surface area (Å²) < 4.78 is 10.9. The van der Waals surface area contributed by atoms with Crippen LogP contribution in [0.1, 0.15) is 81.4 Å². The van der Waals surface area contributed by atoms with Crippen LogP contribution in [-0.2, 0) is 33.4 Å². The highest BCUT2D eigenvalue weighted by atomic mass is 79.9. The zero-order valence-corrected chi connectivity index (χ0v) is 55.5. The molecule has 1 amide bonds. The Morgan fingerprint density at radius 3 is 1.84 bits per heavy atom. The number of carboxylic acid groups (broad SMARTS) is 1. The molecule has 25 nitrogen and oxygen atoms in total. The predicted octanol–water partition coefficient (Wildman–Crippen LogP) is 10.7. The fraction of sp³-hybridized carbons (Fsp3) is 0.246. The molecule has 9 aromatic rings. The summed E-state index contributed by atoms with van der Waals surface area (Å²) >= 11 is 9.12. The van der Waals surface area contributed by atoms with Gasteiger partial charge in [-0.25, -0.2) is 4.99 Å². The number of thiazole rings is 4. The second kappa shape index (κ2) is 39.1. The fourth-order valence-corrected chi connectivity index (χ4v) is 11.5. The smallest absolute Gasteiger partial charge is 0.373 e. The van der Waals surface area contributed by atoms with Crippen LogP contribution in [0.2, 0.25) is 0 Å². The highest BCUT2D eigenvalue weighted by Gasteiger charge is 2.31. The number of carbonyl (C=O) groups is 5. The molecule has 5 aromatic heterocycles. The third-order valence-corrected chi connectivity index (χ3v) is 16.6. The van der Waals surface area contributed by atoms with E-state index in [1.807, 2.05) is 71.9 Å². The molecule has 0 saturated heterocycles. The van der Waals surface area contributed by atoms with E-state index in [2.05, 4.69) is 79.6 Å². The van der Waals surface area contributed by atoms with Gasteiger partial charge < -0.3 is 57.7 Å². The van der Waals surface area contributed by atoms with Crippen LogP contribution in [0, 0.1) is 5.92 Å². The number of anilines is 6. The quantitative estimate of drug-likeness (QED) is 0.0170. The number of aromatic hydroxyl groups is 1. The molecule has 31 heteroatoms. The number of aliphatic imine (C=N–C) groups is 1. The highest BCUT2D eigenvalue weighted by molar-refractivity contribution is 9.09. The van der Waals surface area contributed by atoms with E-state index in [1.54, 1.807) is 97.2 Å². The van der Waals surface area contributed by atoms with Crippen LogP contribution < -0.4 is 43.6 Å². The molecule has 3 aliphatic heterocycles. The van der Waals surface area contributed by atoms with Gasteiger partial charge in [0.2, 0.25) is 0 Å². The number of pyridine rings is 1. The van der Waals surface area contributed by atoms with Crippen molar-refractivity contribution in [2.75, 3.05) is 77.5 Å². The number of esters is 2. The number of aromatic nitrogens is 5. The topological polar surface area (TPSA) is 377 Å². The summed E-state index contributed by atoms with van der Waals surface area (Å²) in [6.07, 6.45) is 7.68. The van der Waals surface area contributed by atoms with E-state index in [-0.39, 0.29) is 49.6 Å². The number of carbonyl (C=O) groups excluding carboxylic acids is 6. The number of hydrogen-bond donors (Lipinski definition) is 9. The number of para-hydroxylation sites is 7. The number of hydrogen-bond acceptors (Lipinski definition) is 26. The molecule has 486 valence electrons. The molecule has 2 atom stereocenters. The number of nitrogens with zero attached hydrogens (tertiary/aromatic N) is 6. The number of alkyl halides is 1. The molecule has 8 heterocycles. The molecule has 0 saturated carbocycles. The summed E-state index contributed by atoms with van der Waals surface area (Å²) in [5.74, 6) is -4.32. The molecule has 0 radical (unpaired) electrons. The molecular weight excluding hydrogens is 1390 g/mol. The van der Waals surface area contributed by atoms with Gasteiger partial charge in [-0.2, -0.15) is 9.59 Å². The number of ether oxygens (including phenoxy) is 2. The maximum atomic E-state index is 13.2. The number of benzene rings is 4. The summed E-state index contributed by atoms with van der Waals surface area (Å²) in [6.45, 7) is 7.18. The molecule has 92 heavy (non-hydrogen) atoms. The van der Waals surface area contributed by atoms with Crippen LogP contribution in [0.25, 0.3) is 10.9 Å². The molecule has 11 N–H and O–H groups in total. The normalized spacial score (nSPS) is 13.0. The van der Waals surface area contributed by atoms with Crippen LogP contribution in [0.5, 0.6) is 5.75 Å². The maximum Gasteiger partial charge on any atom is 0.373 e. The van der Waals surface area contributed by atoms with Crippen molar-refractivity contribution in [3.8, 4) is 5.75 Å². The first kappa shape index (κ1) is 75.2. The summed E-state index contributed by atoms with van der Waals surface area (Å²) in [4.78, 5) is 110. The van der Waals surface area contributed by atoms with Crippen molar-refractivity contribution in [3.05, 3.63) is 173 Å². The van der Waals surface area contributed by atoms with Gasteiger partial charge in [-0.1, -0.05) is 72.7 Å². The molecule has 0 spiro atoms. The van der Waals surface area contributed by atoms with Crippen LogP contribution >= 0.6 is 78.3 Å². The third kappa shape index (κ3) is 21.2. The first-order chi connectivity index (χ1) is 43.6. The van der Waals surface area contributed by atoms with Gasteiger partial charge >= 0.3 is 24.1 Å². The average Bonchev–Trinajstić information content (AvgIpc) is 1.01. The Labute approximate surface area is 563 Å². The van der Waals surface area contributed by atoms with Crippen molar-refractivity contribution in [1.29, 1.82) is 0 Å². The van der Waals surface area contributed by atoms with E-state index in [0.29, 0.717) is 57.2 Å². The van der Waals surface area contributed by atoms with E-state index < -0.39 is 59.2 Å². The Bertz CT molecular complexity index is 3890. The third-order valence-electron chi connectivity index (χ3n) is 12.7. The summed E-state index contributed by atoms with van der Waals surface area (Å²) in [5, 5.41) is 35.7. The van der Waals surface area contributed by atoms with Crippen molar-refractivity contribution in [2.45, 2.75) is 46.7 Å². The highest BCUT2D eigenvalue weighted by Crippen LogP contribution is 2.38. The monoisotopic (exact) mass is 1460 g/mol. The summed E-state index contributed by atoms with van der Waals surface area (Å²) in [7, 11) is 0. The van der Waals surface area contributed by atoms with Gasteiger partial charge in [0.15, 0.2) is 11.7 Å². The number of ketones is 1. The lowest BCUT2D eigenvalue weighted by Crippen LogP contribution is -2.39. The molecule has 4 aromatic carbocycles. The Balaban J connectivity index is 0.000000243. The number of amides is 1. The minimum absolute atomic E-state index is 0. The van der Waals surface area contributed by atoms with E-state index in [1.165, 1.54) is 43.5 Å². The Hall–Kier alpha value is -9.23. The van der Waals surface area contributed by atoms with Gasteiger partial charge in [0.1, 0.15) is 17.9 Å². The molecule has 0 bridgehead atoms. The standard InChI is InChI=1S/C17H14N4O5S.C11H11N3S.C11H9N3S.C9H16O4.C6H8N2.C5H4BrNOS.CO2.CH4.BrH/c22-12(23)6-20-16(25)13-15(24)8-2-1-3-9-14(8)21(17(13)26)10(4-19-9)11-5-18-7-27-11;2*1-2-4-9-8(3-1)13-5-10(14-9)11-6-12-7-15-11;1-4-7(8(10)12-5-2)9(11)13-6-3;7-5-3-1-2-4-6(5)8;6-1-4(8)5-2-7-3-9-5;2-1-3;;/h1-3,5,7,10,19,24H,4,6H2,(H,20,25)(H,22,23);1-4,6-7,10,13-14H,5H2;1-4,6-7,13H,5H2;7H,4-6H2,1-3H3;1-4H,7-8H2;2-3H,1H2;;1H4;1H. The van der Waals surface area contributed by atoms with Crippen LogP contribution in [-0.4, -0.2) is 121 Å². The van der Waals surface area contributed by atoms with Gasteiger partial charge in [0, 0.05) is 53.0 Å². The predicted molar refractivity (Wildman–Crippen MR) is 370 cm³/mol. The minimum Gasteiger partial charge on any atom is -0.506 e. The lowest BCUT2D eigenvalue weighted by Gasteiger charge is -2.29. The maximum absolute atomic E-state index is 13.2. The molecule has 2 unspecified atom stereocenters. The SMILES string of the molecule is Br.C.CCOC(=O)C(CC)C(=O)OCC.Nc1ccccc1N.O=C(CBr)c1cncs1.O=C(O)CNC(=O)c1c(O)c2cccc3c2n(c1=O)C(c1cncs1)CN3.O=C=O.c1ccc2c(c1)N=C(c1cncs1)CN2.c1ccc2c(c1)NCC(c1cncs1)N2. The number of nitrogens with one attached hydrogen (secondary N) is 5.